The molecule has 4 heteroatoms. The van der Waals surface area contributed by atoms with Gasteiger partial charge < -0.3 is 5.11 Å². The van der Waals surface area contributed by atoms with E-state index in [2.05, 4.69) is 30.1 Å². The maximum Gasteiger partial charge on any atom is 0.352 e. The molecular formula is C16H14N2O2. The minimum atomic E-state index is -0.949. The lowest BCUT2D eigenvalue weighted by Crippen LogP contribution is -2.03. The van der Waals surface area contributed by atoms with Crippen LogP contribution in [0.1, 0.15) is 27.3 Å². The van der Waals surface area contributed by atoms with Crippen LogP contribution in [0.15, 0.2) is 48.7 Å². The quantitative estimate of drug-likeness (QED) is 0.793. The second-order valence-electron chi connectivity index (χ2n) is 4.84. The highest BCUT2D eigenvalue weighted by Crippen LogP contribution is 2.14. The summed E-state index contributed by atoms with van der Waals surface area (Å²) in [5.41, 5.74) is 4.13. The van der Waals surface area contributed by atoms with Gasteiger partial charge in [-0.25, -0.2) is 9.78 Å². The summed E-state index contributed by atoms with van der Waals surface area (Å²) >= 11 is 0. The van der Waals surface area contributed by atoms with Crippen LogP contribution < -0.4 is 0 Å². The number of rotatable bonds is 3. The molecule has 1 aromatic carbocycles. The van der Waals surface area contributed by atoms with Gasteiger partial charge in [0.15, 0.2) is 0 Å². The van der Waals surface area contributed by atoms with E-state index in [4.69, 9.17) is 5.11 Å². The Hall–Kier alpha value is -2.62. The fraction of sp³-hybridized carbons (Fsp3) is 0.125. The molecule has 0 radical (unpaired) electrons. The molecule has 0 fully saturated rings. The number of aryl methyl sites for hydroxylation is 1. The summed E-state index contributed by atoms with van der Waals surface area (Å²) in [6.45, 7) is 2.05. The minimum Gasteiger partial charge on any atom is -0.477 e. The number of hydrogen-bond acceptors (Lipinski definition) is 2. The molecule has 3 rings (SSSR count). The van der Waals surface area contributed by atoms with Crippen molar-refractivity contribution in [2.24, 2.45) is 0 Å². The number of carbonyl (C=O) groups is 1. The molecule has 0 spiro atoms. The summed E-state index contributed by atoms with van der Waals surface area (Å²) in [4.78, 5) is 15.7. The first-order valence-corrected chi connectivity index (χ1v) is 6.39. The van der Waals surface area contributed by atoms with Gasteiger partial charge in [0.2, 0.25) is 0 Å². The van der Waals surface area contributed by atoms with Gasteiger partial charge in [-0.3, -0.25) is 4.40 Å². The molecule has 0 aliphatic carbocycles. The number of nitrogens with zero attached hydrogens (tertiary/aromatic N) is 2. The van der Waals surface area contributed by atoms with Crippen LogP contribution in [0.4, 0.5) is 0 Å². The molecule has 0 atom stereocenters. The van der Waals surface area contributed by atoms with Crippen LogP contribution in [0.5, 0.6) is 0 Å². The third-order valence-corrected chi connectivity index (χ3v) is 3.23. The van der Waals surface area contributed by atoms with Crippen molar-refractivity contribution < 1.29 is 9.90 Å². The Bertz CT molecular complexity index is 790. The number of fused-ring (bicyclic) bond motifs is 1. The van der Waals surface area contributed by atoms with Crippen LogP contribution in [0, 0.1) is 6.92 Å². The second-order valence-corrected chi connectivity index (χ2v) is 4.84. The van der Waals surface area contributed by atoms with Gasteiger partial charge in [-0.05, 0) is 24.6 Å². The molecule has 2 aromatic heterocycles. The number of hydrogen-bond donors (Lipinski definition) is 1. The number of pyridine rings is 1. The van der Waals surface area contributed by atoms with Gasteiger partial charge in [-0.1, -0.05) is 35.9 Å². The first-order valence-electron chi connectivity index (χ1n) is 6.39. The fourth-order valence-electron chi connectivity index (χ4n) is 2.35. The number of benzene rings is 1. The van der Waals surface area contributed by atoms with E-state index in [0.29, 0.717) is 12.1 Å². The average molecular weight is 266 g/mol. The third-order valence-electron chi connectivity index (χ3n) is 3.23. The van der Waals surface area contributed by atoms with E-state index >= 15 is 0 Å². The van der Waals surface area contributed by atoms with Crippen molar-refractivity contribution in [3.05, 3.63) is 71.2 Å². The van der Waals surface area contributed by atoms with E-state index < -0.39 is 5.97 Å². The number of aromatic carboxylic acids is 1. The predicted octanol–water partition coefficient (Wildman–Crippen LogP) is 2.93. The highest BCUT2D eigenvalue weighted by molar-refractivity contribution is 5.86. The lowest BCUT2D eigenvalue weighted by molar-refractivity contribution is 0.0689. The lowest BCUT2D eigenvalue weighted by Gasteiger charge is -1.99. The van der Waals surface area contributed by atoms with Gasteiger partial charge in [0.05, 0.1) is 5.69 Å². The number of carboxylic acids is 1. The number of aromatic nitrogens is 2. The van der Waals surface area contributed by atoms with Gasteiger partial charge in [-0.2, -0.15) is 0 Å². The summed E-state index contributed by atoms with van der Waals surface area (Å²) < 4.78 is 1.62. The maximum atomic E-state index is 11.2. The fourth-order valence-corrected chi connectivity index (χ4v) is 2.35. The van der Waals surface area contributed by atoms with Crippen LogP contribution in [0.2, 0.25) is 0 Å². The summed E-state index contributed by atoms with van der Waals surface area (Å²) in [7, 11) is 0. The van der Waals surface area contributed by atoms with Crippen LogP contribution in [-0.2, 0) is 6.42 Å². The van der Waals surface area contributed by atoms with Crippen LogP contribution in [0.25, 0.3) is 5.65 Å². The Balaban J connectivity index is 2.01. The summed E-state index contributed by atoms with van der Waals surface area (Å²) in [6, 6.07) is 13.3. The van der Waals surface area contributed by atoms with Crippen LogP contribution in [-0.4, -0.2) is 20.5 Å². The summed E-state index contributed by atoms with van der Waals surface area (Å²) in [6.07, 6.45) is 2.49. The van der Waals surface area contributed by atoms with Crippen molar-refractivity contribution in [1.82, 2.24) is 9.38 Å². The van der Waals surface area contributed by atoms with Gasteiger partial charge >= 0.3 is 5.97 Å². The van der Waals surface area contributed by atoms with Crippen molar-refractivity contribution in [3.8, 4) is 0 Å². The standard InChI is InChI=1S/C16H14N2O2/c1-11-4-2-5-12(8-11)9-13-10-18-14(16(19)20)6-3-7-15(18)17-13/h2-8,10H,9H2,1H3,(H,19,20). The zero-order valence-corrected chi connectivity index (χ0v) is 11.1. The molecule has 0 saturated heterocycles. The van der Waals surface area contributed by atoms with Gasteiger partial charge in [-0.15, -0.1) is 0 Å². The Labute approximate surface area is 116 Å². The SMILES string of the molecule is Cc1cccc(Cc2cn3c(C(=O)O)cccc3n2)c1. The predicted molar refractivity (Wildman–Crippen MR) is 76.1 cm³/mol. The lowest BCUT2D eigenvalue weighted by atomic mass is 10.1. The smallest absolute Gasteiger partial charge is 0.352 e. The molecule has 0 unspecified atom stereocenters. The first kappa shape index (κ1) is 12.4. The molecule has 0 saturated carbocycles. The molecule has 0 aliphatic heterocycles. The van der Waals surface area contributed by atoms with Crippen molar-refractivity contribution in [1.29, 1.82) is 0 Å². The molecule has 20 heavy (non-hydrogen) atoms. The third kappa shape index (κ3) is 2.28. The van der Waals surface area contributed by atoms with Crippen molar-refractivity contribution in [2.45, 2.75) is 13.3 Å². The topological polar surface area (TPSA) is 54.6 Å². The Morgan fingerprint density at radius 1 is 1.25 bits per heavy atom. The second kappa shape index (κ2) is 4.81. The van der Waals surface area contributed by atoms with E-state index in [1.807, 2.05) is 12.1 Å². The van der Waals surface area contributed by atoms with Crippen LogP contribution in [0.3, 0.4) is 0 Å². The average Bonchev–Trinajstić information content (AvgIpc) is 2.80. The molecule has 0 aliphatic rings. The van der Waals surface area contributed by atoms with E-state index in [9.17, 15) is 4.79 Å². The number of imidazole rings is 1. The zero-order valence-electron chi connectivity index (χ0n) is 11.1. The minimum absolute atomic E-state index is 0.227. The van der Waals surface area contributed by atoms with Crippen molar-refractivity contribution in [3.63, 3.8) is 0 Å². The Morgan fingerprint density at radius 3 is 2.80 bits per heavy atom. The molecule has 2 heterocycles. The van der Waals surface area contributed by atoms with Crippen molar-refractivity contribution in [2.75, 3.05) is 0 Å². The molecular weight excluding hydrogens is 252 g/mol. The highest BCUT2D eigenvalue weighted by atomic mass is 16.4. The van der Waals surface area contributed by atoms with E-state index in [1.54, 1.807) is 22.7 Å². The Kier molecular flexibility index (Phi) is 2.99. The molecule has 0 bridgehead atoms. The first-order chi connectivity index (χ1) is 9.63. The molecule has 3 aromatic rings. The van der Waals surface area contributed by atoms with E-state index in [-0.39, 0.29) is 5.69 Å². The molecule has 0 amide bonds. The maximum absolute atomic E-state index is 11.2. The van der Waals surface area contributed by atoms with Crippen LogP contribution >= 0.6 is 0 Å². The zero-order chi connectivity index (χ0) is 14.1. The largest absolute Gasteiger partial charge is 0.477 e. The molecule has 100 valence electrons. The van der Waals surface area contributed by atoms with Gasteiger partial charge in [0, 0.05) is 12.6 Å². The van der Waals surface area contributed by atoms with E-state index in [1.165, 1.54) is 11.1 Å². The van der Waals surface area contributed by atoms with E-state index in [0.717, 1.165) is 5.69 Å². The number of carboxylic acid groups (broad SMARTS) is 1. The summed E-state index contributed by atoms with van der Waals surface area (Å²) in [5.74, 6) is -0.949. The van der Waals surface area contributed by atoms with Gasteiger partial charge in [0.25, 0.3) is 0 Å². The Morgan fingerprint density at radius 2 is 2.05 bits per heavy atom. The highest BCUT2D eigenvalue weighted by Gasteiger charge is 2.10. The summed E-state index contributed by atoms with van der Waals surface area (Å²) in [5, 5.41) is 9.17. The van der Waals surface area contributed by atoms with Gasteiger partial charge in [0.1, 0.15) is 11.3 Å². The monoisotopic (exact) mass is 266 g/mol. The normalized spacial score (nSPS) is 10.8. The van der Waals surface area contributed by atoms with Crippen molar-refractivity contribution >= 4 is 11.6 Å². The molecule has 1 N–H and O–H groups in total. The molecule has 4 nitrogen and oxygen atoms in total.